The summed E-state index contributed by atoms with van der Waals surface area (Å²) in [6.45, 7) is 6.63. The van der Waals surface area contributed by atoms with Crippen molar-refractivity contribution in [3.05, 3.63) is 11.3 Å². The van der Waals surface area contributed by atoms with Gasteiger partial charge in [0.15, 0.2) is 0 Å². The molecule has 0 N–H and O–H groups in total. The van der Waals surface area contributed by atoms with Gasteiger partial charge in [-0.3, -0.25) is 0 Å². The molecule has 1 saturated heterocycles. The molecule has 0 bridgehead atoms. The fourth-order valence-electron chi connectivity index (χ4n) is 4.71. The molecule has 3 heteroatoms. The second-order valence-corrected chi connectivity index (χ2v) is 8.00. The van der Waals surface area contributed by atoms with Crippen molar-refractivity contribution < 1.29 is 4.74 Å². The Bertz CT molecular complexity index is 400. The molecule has 0 saturated carbocycles. The molecule has 2 aliphatic heterocycles. The Balaban J connectivity index is 1.81. The largest absolute Gasteiger partial charge is 0.376 e. The summed E-state index contributed by atoms with van der Waals surface area (Å²) in [6.07, 6.45) is 12.4. The lowest BCUT2D eigenvalue weighted by Crippen LogP contribution is -2.61. The van der Waals surface area contributed by atoms with Crippen LogP contribution in [0.3, 0.4) is 0 Å². The first kappa shape index (κ1) is 15.5. The molecule has 2 nitrogen and oxygen atoms in total. The maximum atomic E-state index is 5.63. The normalized spacial score (nSPS) is 30.2. The molecular weight excluding hydrogens is 257 g/mol. The molecule has 1 atom stereocenters. The van der Waals surface area contributed by atoms with Crippen LogP contribution < -0.4 is 0 Å². The third-order valence-electron chi connectivity index (χ3n) is 5.81. The molecule has 0 amide bonds. The van der Waals surface area contributed by atoms with Gasteiger partial charge in [-0.1, -0.05) is 37.9 Å². The van der Waals surface area contributed by atoms with Crippen LogP contribution in [0.5, 0.6) is 0 Å². The van der Waals surface area contributed by atoms with E-state index in [1.807, 2.05) is 0 Å². The predicted molar refractivity (Wildman–Crippen MR) is 91.4 cm³/mol. The van der Waals surface area contributed by atoms with E-state index in [1.54, 1.807) is 11.3 Å². The first-order valence-corrected chi connectivity index (χ1v) is 9.20. The zero-order valence-electron chi connectivity index (χ0n) is 14.3. The van der Waals surface area contributed by atoms with Gasteiger partial charge in [0.05, 0.1) is 18.8 Å². The summed E-state index contributed by atoms with van der Waals surface area (Å²) >= 11 is 0. The highest BCUT2D eigenvalue weighted by atomic mass is 16.5. The first-order chi connectivity index (χ1) is 10.1. The molecule has 3 rings (SSSR count). The minimum Gasteiger partial charge on any atom is -0.376 e. The Hall–Kier alpha value is -0.435. The molecule has 2 heterocycles. The van der Waals surface area contributed by atoms with Gasteiger partial charge >= 0.3 is 0 Å². The van der Waals surface area contributed by atoms with E-state index in [0.29, 0.717) is 11.6 Å². The average molecular weight is 289 g/mol. The summed E-state index contributed by atoms with van der Waals surface area (Å²) in [5.41, 5.74) is 3.83. The number of hydrogen-bond donors (Lipinski definition) is 0. The minimum absolute atomic E-state index is 0.339. The maximum Gasteiger partial charge on any atom is 0.105 e. The molecule has 3 aliphatic rings. The highest BCUT2D eigenvalue weighted by Crippen LogP contribution is 2.47. The van der Waals surface area contributed by atoms with Gasteiger partial charge in [-0.2, -0.15) is 0 Å². The van der Waals surface area contributed by atoms with Crippen LogP contribution in [-0.2, 0) is 4.74 Å². The summed E-state index contributed by atoms with van der Waals surface area (Å²) in [5.74, 6) is 0.901. The van der Waals surface area contributed by atoms with Crippen LogP contribution in [0, 0.1) is 0 Å². The van der Waals surface area contributed by atoms with E-state index in [9.17, 15) is 0 Å². The van der Waals surface area contributed by atoms with Crippen LogP contribution in [0.15, 0.2) is 11.3 Å². The average Bonchev–Trinajstić information content (AvgIpc) is 2.73. The van der Waals surface area contributed by atoms with Crippen molar-refractivity contribution in [2.45, 2.75) is 89.0 Å². The van der Waals surface area contributed by atoms with E-state index < -0.39 is 0 Å². The molecule has 1 unspecified atom stereocenters. The van der Waals surface area contributed by atoms with Crippen LogP contribution in [0.1, 0.15) is 71.6 Å². The molecule has 1 spiro atoms. The van der Waals surface area contributed by atoms with Crippen molar-refractivity contribution in [1.82, 2.24) is 4.90 Å². The smallest absolute Gasteiger partial charge is 0.105 e. The summed E-state index contributed by atoms with van der Waals surface area (Å²) in [5, 5.41) is 0. The molecule has 0 aromatic heterocycles. The van der Waals surface area contributed by atoms with Gasteiger partial charge in [-0.15, -0.1) is 0 Å². The second-order valence-electron chi connectivity index (χ2n) is 8.00. The van der Waals surface area contributed by atoms with Crippen molar-refractivity contribution in [2.24, 2.45) is 0 Å². The lowest BCUT2D eigenvalue weighted by molar-refractivity contribution is -0.128. The van der Waals surface area contributed by atoms with E-state index in [-0.39, 0.29) is 0 Å². The zero-order chi connectivity index (χ0) is 14.9. The zero-order valence-corrected chi connectivity index (χ0v) is 14.3. The fraction of sp³-hybridized carbons (Fsp3) is 0.889. The van der Waals surface area contributed by atoms with Crippen LogP contribution >= 0.6 is 0 Å². The van der Waals surface area contributed by atoms with E-state index >= 15 is 0 Å². The van der Waals surface area contributed by atoms with Crippen LogP contribution in [0.2, 0.25) is 5.82 Å². The van der Waals surface area contributed by atoms with Gasteiger partial charge in [0.1, 0.15) is 7.85 Å². The molecule has 0 aromatic rings. The lowest BCUT2D eigenvalue weighted by Gasteiger charge is -2.50. The first-order valence-electron chi connectivity index (χ1n) is 9.20. The van der Waals surface area contributed by atoms with Crippen LogP contribution in [-0.4, -0.2) is 37.5 Å². The van der Waals surface area contributed by atoms with E-state index in [2.05, 4.69) is 26.6 Å². The van der Waals surface area contributed by atoms with E-state index in [4.69, 9.17) is 4.74 Å². The van der Waals surface area contributed by atoms with Gasteiger partial charge in [0.25, 0.3) is 0 Å². The quantitative estimate of drug-likeness (QED) is 0.683. The monoisotopic (exact) mass is 289 g/mol. The highest BCUT2D eigenvalue weighted by molar-refractivity contribution is 6.11. The van der Waals surface area contributed by atoms with Crippen molar-refractivity contribution in [1.29, 1.82) is 0 Å². The topological polar surface area (TPSA) is 12.5 Å². The molecule has 0 aromatic carbocycles. The Labute approximate surface area is 131 Å². The summed E-state index contributed by atoms with van der Waals surface area (Å²) in [7, 11) is 2.45. The Morgan fingerprint density at radius 1 is 1.10 bits per heavy atom. The maximum absolute atomic E-state index is 5.63. The Kier molecular flexibility index (Phi) is 4.68. The van der Waals surface area contributed by atoms with Crippen LogP contribution in [0.25, 0.3) is 0 Å². The number of ether oxygens (including phenoxy) is 1. The third kappa shape index (κ3) is 3.04. The van der Waals surface area contributed by atoms with Gasteiger partial charge in [-0.05, 0) is 45.1 Å². The molecule has 0 radical (unpaired) electrons. The highest BCUT2D eigenvalue weighted by Gasteiger charge is 2.50. The van der Waals surface area contributed by atoms with Crippen molar-refractivity contribution >= 4 is 7.85 Å². The second kappa shape index (κ2) is 6.36. The van der Waals surface area contributed by atoms with Crippen molar-refractivity contribution in [2.75, 3.05) is 13.2 Å². The van der Waals surface area contributed by atoms with E-state index in [0.717, 1.165) is 19.0 Å². The number of allylic oxidation sites excluding steroid dienone is 1. The SMILES string of the molecule is BC1CCCCCCC2=C(CC1)CC1(COC1)N2C(C)C. The van der Waals surface area contributed by atoms with Gasteiger partial charge in [0.2, 0.25) is 0 Å². The molecule has 21 heavy (non-hydrogen) atoms. The Morgan fingerprint density at radius 3 is 2.52 bits per heavy atom. The number of rotatable bonds is 1. The number of nitrogens with zero attached hydrogens (tertiary/aromatic N) is 1. The summed E-state index contributed by atoms with van der Waals surface area (Å²) < 4.78 is 5.63. The van der Waals surface area contributed by atoms with Crippen LogP contribution in [0.4, 0.5) is 0 Å². The third-order valence-corrected chi connectivity index (χ3v) is 5.81. The molecule has 118 valence electrons. The van der Waals surface area contributed by atoms with Crippen molar-refractivity contribution in [3.8, 4) is 0 Å². The standard InChI is InChI=1S/C18H32BNO/c1-14(2)20-17-8-6-4-3-5-7-16(19)10-9-15(17)11-18(20)12-21-13-18/h14,16H,3-13,19H2,1-2H3. The number of hydrogen-bond acceptors (Lipinski definition) is 2. The summed E-state index contributed by atoms with van der Waals surface area (Å²) in [4.78, 5) is 2.76. The van der Waals surface area contributed by atoms with Gasteiger partial charge in [0, 0.05) is 11.7 Å². The van der Waals surface area contributed by atoms with Gasteiger partial charge in [-0.25, -0.2) is 0 Å². The molecular formula is C18H32BNO. The Morgan fingerprint density at radius 2 is 1.86 bits per heavy atom. The summed E-state index contributed by atoms with van der Waals surface area (Å²) in [6, 6.07) is 0.615. The van der Waals surface area contributed by atoms with E-state index in [1.165, 1.54) is 57.8 Å². The fourth-order valence-corrected chi connectivity index (χ4v) is 4.71. The van der Waals surface area contributed by atoms with Gasteiger partial charge < -0.3 is 9.64 Å². The molecule has 1 aliphatic carbocycles. The minimum atomic E-state index is 0.339. The van der Waals surface area contributed by atoms with Crippen molar-refractivity contribution in [3.63, 3.8) is 0 Å². The predicted octanol–water partition coefficient (Wildman–Crippen LogP) is 3.68. The lowest BCUT2D eigenvalue weighted by atomic mass is 9.78. The molecule has 1 fully saturated rings.